The fourth-order valence-electron chi connectivity index (χ4n) is 2.87. The molecule has 0 saturated carbocycles. The van der Waals surface area contributed by atoms with Gasteiger partial charge in [-0.3, -0.25) is 9.13 Å². The van der Waals surface area contributed by atoms with Gasteiger partial charge in [0.1, 0.15) is 17.7 Å². The SMILES string of the molecule is CNS(=O)(=O)c1cccc(-c2ncnc3c2n(C)c(=O)n3C/C(F)=C/CN)c1.Cl. The average molecular weight is 443 g/mol. The van der Waals surface area contributed by atoms with E-state index in [1.54, 1.807) is 12.1 Å². The molecule has 0 radical (unpaired) electrons. The normalized spacial score (nSPS) is 12.2. The van der Waals surface area contributed by atoms with E-state index in [0.717, 1.165) is 0 Å². The predicted octanol–water partition coefficient (Wildman–Crippen LogP) is 0.939. The lowest BCUT2D eigenvalue weighted by molar-refractivity contribution is 0.546. The summed E-state index contributed by atoms with van der Waals surface area (Å²) in [4.78, 5) is 21.0. The van der Waals surface area contributed by atoms with Crippen LogP contribution >= 0.6 is 12.4 Å². The fourth-order valence-corrected chi connectivity index (χ4v) is 3.64. The summed E-state index contributed by atoms with van der Waals surface area (Å²) >= 11 is 0. The number of aryl methyl sites for hydroxylation is 1. The Morgan fingerprint density at radius 3 is 2.72 bits per heavy atom. The highest BCUT2D eigenvalue weighted by Gasteiger charge is 2.19. The summed E-state index contributed by atoms with van der Waals surface area (Å²) in [6.07, 6.45) is 2.43. The van der Waals surface area contributed by atoms with Gasteiger partial charge in [-0.2, -0.15) is 0 Å². The molecule has 0 amide bonds. The molecule has 3 aromatic rings. The van der Waals surface area contributed by atoms with Crippen molar-refractivity contribution in [2.45, 2.75) is 11.4 Å². The number of hydrogen-bond acceptors (Lipinski definition) is 6. The molecule has 0 bridgehead atoms. The predicted molar refractivity (Wildman–Crippen MR) is 110 cm³/mol. The van der Waals surface area contributed by atoms with E-state index < -0.39 is 21.5 Å². The number of imidazole rings is 1. The van der Waals surface area contributed by atoms with Gasteiger partial charge in [-0.1, -0.05) is 12.1 Å². The van der Waals surface area contributed by atoms with Crippen LogP contribution in [0.25, 0.3) is 22.4 Å². The quantitative estimate of drug-likeness (QED) is 0.585. The molecule has 2 heterocycles. The maximum Gasteiger partial charge on any atom is 0.330 e. The number of aromatic nitrogens is 4. The van der Waals surface area contributed by atoms with E-state index in [0.29, 0.717) is 16.8 Å². The Morgan fingerprint density at radius 1 is 1.34 bits per heavy atom. The zero-order valence-corrected chi connectivity index (χ0v) is 17.3. The van der Waals surface area contributed by atoms with E-state index in [2.05, 4.69) is 14.7 Å². The minimum atomic E-state index is -3.65. The summed E-state index contributed by atoms with van der Waals surface area (Å²) in [6, 6.07) is 6.15. The zero-order chi connectivity index (χ0) is 20.5. The molecule has 0 aliphatic carbocycles. The Balaban J connectivity index is 0.00000300. The van der Waals surface area contributed by atoms with E-state index >= 15 is 0 Å². The number of nitrogens with zero attached hydrogens (tertiary/aromatic N) is 4. The van der Waals surface area contributed by atoms with Crippen molar-refractivity contribution in [3.63, 3.8) is 0 Å². The third kappa shape index (κ3) is 4.22. The van der Waals surface area contributed by atoms with Gasteiger partial charge in [0, 0.05) is 19.2 Å². The van der Waals surface area contributed by atoms with Crippen LogP contribution in [0.1, 0.15) is 0 Å². The van der Waals surface area contributed by atoms with E-state index in [-0.39, 0.29) is 36.0 Å². The number of sulfonamides is 1. The molecule has 156 valence electrons. The van der Waals surface area contributed by atoms with E-state index in [4.69, 9.17) is 5.73 Å². The standard InChI is InChI=1S/C17H19FN6O3S.ClH/c1-20-28(26,27)13-5-3-4-11(8-13)14-15-16(22-10-21-14)24(17(25)23(15)2)9-12(18)6-7-19;/h3-6,8,10,20H,7,9,19H2,1-2H3;1H/b12-6-;. The van der Waals surface area contributed by atoms with Crippen LogP contribution in [-0.4, -0.2) is 41.1 Å². The smallest absolute Gasteiger partial charge is 0.327 e. The van der Waals surface area contributed by atoms with Crippen molar-refractivity contribution in [2.24, 2.45) is 12.8 Å². The molecule has 0 atom stereocenters. The van der Waals surface area contributed by atoms with Crippen molar-refractivity contribution in [1.29, 1.82) is 0 Å². The van der Waals surface area contributed by atoms with Gasteiger partial charge in [0.05, 0.1) is 17.1 Å². The summed E-state index contributed by atoms with van der Waals surface area (Å²) in [5.41, 5.74) is 6.28. The lowest BCUT2D eigenvalue weighted by Gasteiger charge is -2.07. The molecule has 0 saturated heterocycles. The number of allylic oxidation sites excluding steroid dienone is 1. The van der Waals surface area contributed by atoms with E-state index in [1.807, 2.05) is 0 Å². The van der Waals surface area contributed by atoms with Crippen molar-refractivity contribution in [3.05, 3.63) is 53.0 Å². The maximum absolute atomic E-state index is 13.9. The Bertz CT molecular complexity index is 1240. The van der Waals surface area contributed by atoms with Gasteiger partial charge in [0.2, 0.25) is 10.0 Å². The highest BCUT2D eigenvalue weighted by atomic mass is 35.5. The summed E-state index contributed by atoms with van der Waals surface area (Å²) in [7, 11) is -0.815. The van der Waals surface area contributed by atoms with Crippen molar-refractivity contribution in [2.75, 3.05) is 13.6 Å². The second-order valence-electron chi connectivity index (χ2n) is 5.94. The van der Waals surface area contributed by atoms with Gasteiger partial charge in [-0.15, -0.1) is 12.4 Å². The van der Waals surface area contributed by atoms with Gasteiger partial charge in [0.25, 0.3) is 0 Å². The summed E-state index contributed by atoms with van der Waals surface area (Å²) in [5.74, 6) is -0.556. The largest absolute Gasteiger partial charge is 0.330 e. The average Bonchev–Trinajstić information content (AvgIpc) is 2.93. The lowest BCUT2D eigenvalue weighted by Crippen LogP contribution is -2.22. The van der Waals surface area contributed by atoms with Crippen LogP contribution in [0, 0.1) is 0 Å². The van der Waals surface area contributed by atoms with Gasteiger partial charge in [0.15, 0.2) is 5.65 Å². The van der Waals surface area contributed by atoms with Crippen LogP contribution in [0.2, 0.25) is 0 Å². The van der Waals surface area contributed by atoms with Crippen molar-refractivity contribution in [1.82, 2.24) is 23.8 Å². The molecular formula is C17H20ClFN6O3S. The topological polar surface area (TPSA) is 125 Å². The van der Waals surface area contributed by atoms with Crippen LogP contribution in [0.4, 0.5) is 4.39 Å². The van der Waals surface area contributed by atoms with Crippen molar-refractivity contribution in [3.8, 4) is 11.3 Å². The van der Waals surface area contributed by atoms with Crippen LogP contribution in [0.5, 0.6) is 0 Å². The number of rotatable bonds is 6. The molecular weight excluding hydrogens is 423 g/mol. The Kier molecular flexibility index (Phi) is 6.90. The number of halogens is 2. The minimum Gasteiger partial charge on any atom is -0.327 e. The highest BCUT2D eigenvalue weighted by Crippen LogP contribution is 2.26. The zero-order valence-electron chi connectivity index (χ0n) is 15.7. The van der Waals surface area contributed by atoms with E-state index in [9.17, 15) is 17.6 Å². The van der Waals surface area contributed by atoms with Crippen LogP contribution < -0.4 is 16.1 Å². The van der Waals surface area contributed by atoms with Gasteiger partial charge >= 0.3 is 5.69 Å². The van der Waals surface area contributed by atoms with E-state index in [1.165, 1.54) is 47.8 Å². The minimum absolute atomic E-state index is 0. The molecule has 1 aromatic carbocycles. The number of fused-ring (bicyclic) bond motifs is 1. The summed E-state index contributed by atoms with van der Waals surface area (Å²) in [6.45, 7) is -0.295. The Morgan fingerprint density at radius 2 is 2.07 bits per heavy atom. The molecule has 9 nitrogen and oxygen atoms in total. The molecule has 2 aromatic heterocycles. The third-order valence-corrected chi connectivity index (χ3v) is 5.66. The molecule has 0 aliphatic rings. The first-order valence-corrected chi connectivity index (χ1v) is 9.77. The van der Waals surface area contributed by atoms with Crippen molar-refractivity contribution >= 4 is 33.6 Å². The second kappa shape index (κ2) is 8.82. The Hall–Kier alpha value is -2.60. The summed E-state index contributed by atoms with van der Waals surface area (Å²) < 4.78 is 42.9. The van der Waals surface area contributed by atoms with Gasteiger partial charge < -0.3 is 5.73 Å². The van der Waals surface area contributed by atoms with Gasteiger partial charge in [-0.05, 0) is 25.3 Å². The number of nitrogens with two attached hydrogens (primary N) is 1. The molecule has 29 heavy (non-hydrogen) atoms. The molecule has 0 spiro atoms. The lowest BCUT2D eigenvalue weighted by atomic mass is 10.1. The fraction of sp³-hybridized carbons (Fsp3) is 0.235. The second-order valence-corrected chi connectivity index (χ2v) is 7.83. The number of benzene rings is 1. The van der Waals surface area contributed by atoms with Crippen LogP contribution in [0.3, 0.4) is 0 Å². The molecule has 12 heteroatoms. The molecule has 3 rings (SSSR count). The molecule has 3 N–H and O–H groups in total. The molecule has 0 aliphatic heterocycles. The first kappa shape index (κ1) is 22.7. The molecule has 0 fully saturated rings. The first-order chi connectivity index (χ1) is 13.3. The summed E-state index contributed by atoms with van der Waals surface area (Å²) in [5, 5.41) is 0. The van der Waals surface area contributed by atoms with Crippen LogP contribution in [-0.2, 0) is 23.6 Å². The third-order valence-electron chi connectivity index (χ3n) is 4.25. The number of nitrogens with one attached hydrogen (secondary N) is 1. The number of hydrogen-bond donors (Lipinski definition) is 2. The Labute approximate surface area is 172 Å². The van der Waals surface area contributed by atoms with Gasteiger partial charge in [-0.25, -0.2) is 32.3 Å². The first-order valence-electron chi connectivity index (χ1n) is 8.29. The maximum atomic E-state index is 13.9. The highest BCUT2D eigenvalue weighted by molar-refractivity contribution is 7.89. The van der Waals surface area contributed by atoms with Crippen LogP contribution in [0.15, 0.2) is 52.2 Å². The molecule has 0 unspecified atom stereocenters. The van der Waals surface area contributed by atoms with Crippen molar-refractivity contribution < 1.29 is 12.8 Å². The monoisotopic (exact) mass is 442 g/mol.